The summed E-state index contributed by atoms with van der Waals surface area (Å²) in [6.07, 6.45) is 11.6. The molecule has 0 bridgehead atoms. The normalized spacial score (nSPS) is 39.2. The molecule has 4 aliphatic rings. The number of carbonyl (C=O) groups excluding carboxylic acids is 1. The van der Waals surface area contributed by atoms with Crippen molar-refractivity contribution in [1.29, 1.82) is 0 Å². The first-order chi connectivity index (χ1) is 16.2. The van der Waals surface area contributed by atoms with Crippen LogP contribution >= 0.6 is 0 Å². The molecule has 0 heterocycles. The van der Waals surface area contributed by atoms with Crippen LogP contribution in [0.15, 0.2) is 11.6 Å². The Morgan fingerprint density at radius 1 is 1.06 bits per heavy atom. The quantitative estimate of drug-likeness (QED) is 0.237. The molecule has 0 aromatic rings. The zero-order valence-corrected chi connectivity index (χ0v) is 24.1. The lowest BCUT2D eigenvalue weighted by atomic mass is 9.48. The van der Waals surface area contributed by atoms with Gasteiger partial charge in [0.1, 0.15) is 6.10 Å². The molecule has 0 radical (unpaired) electrons. The highest BCUT2D eigenvalue weighted by Crippen LogP contribution is 2.65. The van der Waals surface area contributed by atoms with E-state index in [9.17, 15) is 9.59 Å². The molecule has 5 nitrogen and oxygen atoms in total. The summed E-state index contributed by atoms with van der Waals surface area (Å²) in [6.45, 7) is 16.6. The molecule has 198 valence electrons. The molecule has 1 unspecified atom stereocenters. The van der Waals surface area contributed by atoms with Crippen molar-refractivity contribution in [3.8, 4) is 0 Å². The van der Waals surface area contributed by atoms with E-state index in [1.165, 1.54) is 12.8 Å². The summed E-state index contributed by atoms with van der Waals surface area (Å²) in [6, 6.07) is 0. The fourth-order valence-electron chi connectivity index (χ4n) is 7.89. The maximum atomic E-state index is 12.3. The summed E-state index contributed by atoms with van der Waals surface area (Å²) >= 11 is 0. The lowest BCUT2D eigenvalue weighted by molar-refractivity contribution is -0.161. The van der Waals surface area contributed by atoms with E-state index in [0.29, 0.717) is 23.9 Å². The molecule has 7 atom stereocenters. The molecule has 4 aliphatic carbocycles. The molecule has 3 fully saturated rings. The monoisotopic (exact) mass is 504 g/mol. The van der Waals surface area contributed by atoms with Gasteiger partial charge < -0.3 is 14.3 Å². The Balaban J connectivity index is 1.45. The summed E-state index contributed by atoms with van der Waals surface area (Å²) in [7, 11) is -1.77. The van der Waals surface area contributed by atoms with Gasteiger partial charge in [-0.1, -0.05) is 46.3 Å². The van der Waals surface area contributed by atoms with Crippen molar-refractivity contribution < 1.29 is 23.9 Å². The number of esters is 1. The Morgan fingerprint density at radius 2 is 1.77 bits per heavy atom. The second-order valence-corrected chi connectivity index (χ2v) is 18.8. The van der Waals surface area contributed by atoms with Gasteiger partial charge in [-0.3, -0.25) is 9.59 Å². The minimum Gasteiger partial charge on any atom is -0.481 e. The summed E-state index contributed by atoms with van der Waals surface area (Å²) in [5.41, 5.74) is 1.94. The van der Waals surface area contributed by atoms with Crippen LogP contribution in [-0.2, 0) is 18.8 Å². The first kappa shape index (κ1) is 26.9. The summed E-state index contributed by atoms with van der Waals surface area (Å²) < 4.78 is 12.8. The number of fused-ring (bicyclic) bond motifs is 5. The molecule has 0 amide bonds. The Labute approximate surface area is 213 Å². The second kappa shape index (κ2) is 9.31. The SMILES string of the molecule is CC(C)(C)[Si](C)(C)OC1CC[C@@]2(C)C(=CC[C@H]3[C@@H]4CC[C@H](OC(=O)CCC(=O)O)[C@@]4(C)CC[C@@H]32)C1. The van der Waals surface area contributed by atoms with Crippen LogP contribution in [0.2, 0.25) is 18.1 Å². The van der Waals surface area contributed by atoms with E-state index in [2.05, 4.69) is 53.8 Å². The van der Waals surface area contributed by atoms with Gasteiger partial charge in [-0.2, -0.15) is 0 Å². The molecule has 0 spiro atoms. The highest BCUT2D eigenvalue weighted by molar-refractivity contribution is 6.74. The van der Waals surface area contributed by atoms with Gasteiger partial charge in [0.25, 0.3) is 0 Å². The third kappa shape index (κ3) is 4.91. The van der Waals surface area contributed by atoms with E-state index >= 15 is 0 Å². The van der Waals surface area contributed by atoms with Gasteiger partial charge in [-0.15, -0.1) is 0 Å². The minimum atomic E-state index is -1.77. The Bertz CT molecular complexity index is 873. The number of carboxylic acids is 1. The molecule has 0 aromatic heterocycles. The van der Waals surface area contributed by atoms with E-state index in [1.54, 1.807) is 5.57 Å². The number of ether oxygens (including phenoxy) is 1. The highest BCUT2D eigenvalue weighted by Gasteiger charge is 2.60. The maximum absolute atomic E-state index is 12.3. The van der Waals surface area contributed by atoms with E-state index < -0.39 is 14.3 Å². The van der Waals surface area contributed by atoms with Gasteiger partial charge in [-0.05, 0) is 92.7 Å². The summed E-state index contributed by atoms with van der Waals surface area (Å²) in [5.74, 6) is 0.646. The van der Waals surface area contributed by atoms with Crippen molar-refractivity contribution in [2.24, 2.45) is 28.6 Å². The lowest BCUT2D eigenvalue weighted by Crippen LogP contribution is -2.52. The molecule has 6 heteroatoms. The topological polar surface area (TPSA) is 72.8 Å². The zero-order valence-electron chi connectivity index (χ0n) is 23.1. The number of allylic oxidation sites excluding steroid dienone is 1. The van der Waals surface area contributed by atoms with Crippen molar-refractivity contribution in [1.82, 2.24) is 0 Å². The third-order valence-corrected chi connectivity index (χ3v) is 15.6. The fraction of sp³-hybridized carbons (Fsp3) is 0.862. The Morgan fingerprint density at radius 3 is 2.43 bits per heavy atom. The molecule has 4 rings (SSSR count). The molecule has 0 aliphatic heterocycles. The number of carboxylic acid groups (broad SMARTS) is 1. The van der Waals surface area contributed by atoms with Crippen LogP contribution in [0.3, 0.4) is 0 Å². The van der Waals surface area contributed by atoms with Gasteiger partial charge in [0.05, 0.1) is 12.8 Å². The number of aliphatic carboxylic acids is 1. The van der Waals surface area contributed by atoms with Crippen LogP contribution in [0.1, 0.15) is 98.8 Å². The molecular weight excluding hydrogens is 456 g/mol. The Kier molecular flexibility index (Phi) is 7.15. The van der Waals surface area contributed by atoms with Crippen molar-refractivity contribution in [2.45, 2.75) is 129 Å². The van der Waals surface area contributed by atoms with E-state index in [4.69, 9.17) is 14.3 Å². The molecule has 0 aromatic carbocycles. The van der Waals surface area contributed by atoms with Gasteiger partial charge >= 0.3 is 11.9 Å². The minimum absolute atomic E-state index is 0.0183. The van der Waals surface area contributed by atoms with Gasteiger partial charge in [0.2, 0.25) is 0 Å². The number of rotatable bonds is 6. The van der Waals surface area contributed by atoms with Crippen molar-refractivity contribution in [3.63, 3.8) is 0 Å². The zero-order chi connectivity index (χ0) is 25.8. The van der Waals surface area contributed by atoms with Crippen LogP contribution in [0.5, 0.6) is 0 Å². The number of hydrogen-bond donors (Lipinski definition) is 1. The van der Waals surface area contributed by atoms with Gasteiger partial charge in [0.15, 0.2) is 8.32 Å². The molecule has 35 heavy (non-hydrogen) atoms. The maximum Gasteiger partial charge on any atom is 0.306 e. The van der Waals surface area contributed by atoms with Crippen LogP contribution in [-0.4, -0.2) is 37.6 Å². The Hall–Kier alpha value is -1.14. The summed E-state index contributed by atoms with van der Waals surface area (Å²) in [4.78, 5) is 23.2. The van der Waals surface area contributed by atoms with E-state index in [1.807, 2.05) is 0 Å². The van der Waals surface area contributed by atoms with E-state index in [-0.39, 0.29) is 40.8 Å². The van der Waals surface area contributed by atoms with Crippen molar-refractivity contribution in [2.75, 3.05) is 0 Å². The largest absolute Gasteiger partial charge is 0.481 e. The van der Waals surface area contributed by atoms with Crippen molar-refractivity contribution >= 4 is 20.3 Å². The van der Waals surface area contributed by atoms with Crippen LogP contribution in [0.25, 0.3) is 0 Å². The predicted octanol–water partition coefficient (Wildman–Crippen LogP) is 7.12. The first-order valence-corrected chi connectivity index (χ1v) is 16.9. The third-order valence-electron chi connectivity index (χ3n) is 11.1. The molecular formula is C29H48O5Si. The second-order valence-electron chi connectivity index (χ2n) is 14.0. The molecule has 1 N–H and O–H groups in total. The fourth-order valence-corrected chi connectivity index (χ4v) is 9.28. The average molecular weight is 505 g/mol. The number of carbonyl (C=O) groups is 2. The number of hydrogen-bond acceptors (Lipinski definition) is 4. The average Bonchev–Trinajstić information content (AvgIpc) is 3.07. The van der Waals surface area contributed by atoms with Gasteiger partial charge in [-0.25, -0.2) is 0 Å². The summed E-state index contributed by atoms with van der Waals surface area (Å²) in [5, 5.41) is 9.14. The van der Waals surface area contributed by atoms with Crippen LogP contribution in [0.4, 0.5) is 0 Å². The first-order valence-electron chi connectivity index (χ1n) is 14.0. The highest BCUT2D eigenvalue weighted by atomic mass is 28.4. The standard InChI is InChI=1S/C29H48O5Si/c1-27(2,3)35(6,7)34-20-14-16-28(4)19(18-20)8-9-21-22-10-11-24(29(22,5)17-15-23(21)28)33-26(32)13-12-25(30)31/h8,20-24H,9-18H2,1-7H3,(H,30,31)/t20?,21-,22-,23-,24-,28-,29-/m0/s1. The lowest BCUT2D eigenvalue weighted by Gasteiger charge is -2.58. The van der Waals surface area contributed by atoms with E-state index in [0.717, 1.165) is 38.5 Å². The molecule has 0 saturated heterocycles. The smallest absolute Gasteiger partial charge is 0.306 e. The van der Waals surface area contributed by atoms with Crippen LogP contribution < -0.4 is 0 Å². The van der Waals surface area contributed by atoms with Crippen LogP contribution in [0, 0.1) is 28.6 Å². The van der Waals surface area contributed by atoms with Crippen molar-refractivity contribution in [3.05, 3.63) is 11.6 Å². The molecule has 3 saturated carbocycles. The predicted molar refractivity (Wildman–Crippen MR) is 141 cm³/mol. The van der Waals surface area contributed by atoms with Gasteiger partial charge in [0, 0.05) is 11.5 Å².